The Morgan fingerprint density at radius 1 is 1.14 bits per heavy atom. The Morgan fingerprint density at radius 3 is 2.79 bits per heavy atom. The molecule has 4 heteroatoms. The van der Waals surface area contributed by atoms with E-state index < -0.39 is 0 Å². The van der Waals surface area contributed by atoms with E-state index in [1.165, 1.54) is 38.3 Å². The number of benzene rings is 2. The first-order valence-corrected chi connectivity index (χ1v) is 11.3. The maximum Gasteiger partial charge on any atom is 0.0950 e. The fourth-order valence-electron chi connectivity index (χ4n) is 4.61. The largest absolute Gasteiger partial charge is 0.344 e. The molecular formula is C25H27N3S. The molecule has 1 aliphatic rings. The summed E-state index contributed by atoms with van der Waals surface area (Å²) in [6.45, 7) is 6.66. The van der Waals surface area contributed by atoms with Crippen LogP contribution in [-0.4, -0.2) is 28.0 Å². The molecule has 0 saturated carbocycles. The zero-order valence-corrected chi connectivity index (χ0v) is 18.2. The van der Waals surface area contributed by atoms with Crippen molar-refractivity contribution < 1.29 is 0 Å². The summed E-state index contributed by atoms with van der Waals surface area (Å²) in [6, 6.07) is 17.9. The Hall–Kier alpha value is -2.43. The summed E-state index contributed by atoms with van der Waals surface area (Å²) in [5.41, 5.74) is 8.06. The molecule has 0 aliphatic carbocycles. The zero-order chi connectivity index (χ0) is 20.0. The highest BCUT2D eigenvalue weighted by Crippen LogP contribution is 2.37. The fraction of sp³-hybridized carbons (Fsp3) is 0.320. The molecule has 5 rings (SSSR count). The van der Waals surface area contributed by atoms with Crippen LogP contribution in [0.5, 0.6) is 0 Å². The molecule has 1 unspecified atom stereocenters. The van der Waals surface area contributed by atoms with Crippen LogP contribution in [0.15, 0.2) is 53.9 Å². The van der Waals surface area contributed by atoms with Gasteiger partial charge >= 0.3 is 0 Å². The molecule has 2 aromatic carbocycles. The van der Waals surface area contributed by atoms with Gasteiger partial charge in [0.25, 0.3) is 0 Å². The lowest BCUT2D eigenvalue weighted by molar-refractivity contribution is 0.245. The molecule has 1 aliphatic heterocycles. The van der Waals surface area contributed by atoms with Crippen LogP contribution in [0.2, 0.25) is 0 Å². The van der Waals surface area contributed by atoms with Gasteiger partial charge in [-0.25, -0.2) is 4.98 Å². The molecule has 4 aromatic rings. The predicted octanol–water partition coefficient (Wildman–Crippen LogP) is 5.86. The molecule has 0 radical (unpaired) electrons. The number of aromatic nitrogens is 2. The van der Waals surface area contributed by atoms with Crippen molar-refractivity contribution >= 4 is 22.2 Å². The quantitative estimate of drug-likeness (QED) is 0.427. The molecule has 0 spiro atoms. The number of likely N-dealkylation sites (N-methyl/N-ethyl adjacent to an activating group) is 1. The zero-order valence-electron chi connectivity index (χ0n) is 17.4. The highest BCUT2D eigenvalue weighted by molar-refractivity contribution is 7.09. The van der Waals surface area contributed by atoms with Crippen LogP contribution in [0.3, 0.4) is 0 Å². The third kappa shape index (κ3) is 3.30. The van der Waals surface area contributed by atoms with Gasteiger partial charge in [-0.2, -0.15) is 0 Å². The second kappa shape index (κ2) is 7.43. The van der Waals surface area contributed by atoms with Crippen LogP contribution in [0.25, 0.3) is 22.2 Å². The lowest BCUT2D eigenvalue weighted by Crippen LogP contribution is -2.31. The van der Waals surface area contributed by atoms with Crippen LogP contribution in [0.4, 0.5) is 0 Å². The van der Waals surface area contributed by atoms with E-state index in [0.29, 0.717) is 6.04 Å². The first-order valence-electron chi connectivity index (χ1n) is 10.4. The van der Waals surface area contributed by atoms with Crippen molar-refractivity contribution in [1.82, 2.24) is 14.5 Å². The molecule has 0 saturated heterocycles. The van der Waals surface area contributed by atoms with Gasteiger partial charge in [0.1, 0.15) is 0 Å². The lowest BCUT2D eigenvalue weighted by Gasteiger charge is -2.31. The molecule has 0 bridgehead atoms. The van der Waals surface area contributed by atoms with Crippen molar-refractivity contribution in [3.8, 4) is 11.3 Å². The van der Waals surface area contributed by atoms with Gasteiger partial charge in [0.05, 0.1) is 10.7 Å². The second-order valence-corrected chi connectivity index (χ2v) is 9.12. The molecule has 0 fully saturated rings. The molecule has 1 atom stereocenters. The van der Waals surface area contributed by atoms with Crippen LogP contribution in [0, 0.1) is 6.92 Å². The summed E-state index contributed by atoms with van der Waals surface area (Å²) in [4.78, 5) is 7.38. The van der Waals surface area contributed by atoms with Gasteiger partial charge in [0, 0.05) is 59.5 Å². The number of hydrogen-bond donors (Lipinski definition) is 0. The monoisotopic (exact) mass is 401 g/mol. The standard InChI is InChI=1S/C25H27N3S/c1-17-9-10-22-20(15-17)25-18(2)27(3)13-11-23(25)28(22)14-12-24-26-21(16-29-24)19-7-5-4-6-8-19/h4-10,15-16,18H,11-14H2,1-3H3. The summed E-state index contributed by atoms with van der Waals surface area (Å²) in [5, 5.41) is 4.84. The Balaban J connectivity index is 1.48. The van der Waals surface area contributed by atoms with Gasteiger partial charge < -0.3 is 4.57 Å². The normalized spacial score (nSPS) is 17.0. The number of thiazole rings is 1. The van der Waals surface area contributed by atoms with E-state index in [4.69, 9.17) is 4.98 Å². The van der Waals surface area contributed by atoms with Crippen LogP contribution < -0.4 is 0 Å². The number of nitrogens with zero attached hydrogens (tertiary/aromatic N) is 3. The minimum absolute atomic E-state index is 0.467. The van der Waals surface area contributed by atoms with Crippen LogP contribution in [-0.2, 0) is 19.4 Å². The van der Waals surface area contributed by atoms with E-state index in [2.05, 4.69) is 84.3 Å². The Bertz CT molecular complexity index is 1160. The SMILES string of the molecule is Cc1ccc2c(c1)c1c(n2CCc2nc(-c3ccccc3)cs2)CCN(C)C1C. The second-order valence-electron chi connectivity index (χ2n) is 8.18. The van der Waals surface area contributed by atoms with Crippen molar-refractivity contribution in [1.29, 1.82) is 0 Å². The van der Waals surface area contributed by atoms with Gasteiger partial charge in [0.2, 0.25) is 0 Å². The van der Waals surface area contributed by atoms with Crippen molar-refractivity contribution in [3.63, 3.8) is 0 Å². The smallest absolute Gasteiger partial charge is 0.0950 e. The van der Waals surface area contributed by atoms with E-state index in [-0.39, 0.29) is 0 Å². The molecule has 3 nitrogen and oxygen atoms in total. The van der Waals surface area contributed by atoms with Crippen molar-refractivity contribution in [2.45, 2.75) is 39.3 Å². The molecule has 0 amide bonds. The van der Waals surface area contributed by atoms with Gasteiger partial charge in [-0.1, -0.05) is 42.0 Å². The van der Waals surface area contributed by atoms with Crippen molar-refractivity contribution in [2.24, 2.45) is 0 Å². The van der Waals surface area contributed by atoms with Crippen molar-refractivity contribution in [2.75, 3.05) is 13.6 Å². The molecule has 29 heavy (non-hydrogen) atoms. The first kappa shape index (κ1) is 18.6. The molecule has 3 heterocycles. The number of aryl methyl sites for hydroxylation is 3. The van der Waals surface area contributed by atoms with Gasteiger partial charge in [0.15, 0.2) is 0 Å². The summed E-state index contributed by atoms with van der Waals surface area (Å²) < 4.78 is 2.57. The topological polar surface area (TPSA) is 21.1 Å². The molecule has 2 aromatic heterocycles. The average Bonchev–Trinajstić information content (AvgIpc) is 3.32. The molecular weight excluding hydrogens is 374 g/mol. The van der Waals surface area contributed by atoms with E-state index >= 15 is 0 Å². The van der Waals surface area contributed by atoms with Gasteiger partial charge in [-0.15, -0.1) is 11.3 Å². The Kier molecular flexibility index (Phi) is 4.76. The first-order chi connectivity index (χ1) is 14.1. The van der Waals surface area contributed by atoms with Crippen LogP contribution >= 0.6 is 11.3 Å². The van der Waals surface area contributed by atoms with Crippen LogP contribution in [0.1, 0.15) is 34.8 Å². The maximum absolute atomic E-state index is 4.91. The fourth-order valence-corrected chi connectivity index (χ4v) is 5.41. The van der Waals surface area contributed by atoms with E-state index in [1.807, 2.05) is 0 Å². The van der Waals surface area contributed by atoms with Gasteiger partial charge in [-0.3, -0.25) is 4.90 Å². The summed E-state index contributed by atoms with van der Waals surface area (Å²) in [5.74, 6) is 0. The summed E-state index contributed by atoms with van der Waals surface area (Å²) in [7, 11) is 2.24. The Morgan fingerprint density at radius 2 is 1.97 bits per heavy atom. The third-order valence-corrected chi connectivity index (χ3v) is 7.23. The lowest BCUT2D eigenvalue weighted by atomic mass is 9.97. The van der Waals surface area contributed by atoms with Crippen molar-refractivity contribution in [3.05, 3.63) is 75.7 Å². The van der Waals surface area contributed by atoms with E-state index in [9.17, 15) is 0 Å². The highest BCUT2D eigenvalue weighted by atomic mass is 32.1. The number of rotatable bonds is 4. The Labute approximate surface area is 176 Å². The average molecular weight is 402 g/mol. The molecule has 148 valence electrons. The van der Waals surface area contributed by atoms with E-state index in [0.717, 1.165) is 31.6 Å². The summed E-state index contributed by atoms with van der Waals surface area (Å²) >= 11 is 1.78. The maximum atomic E-state index is 4.91. The minimum Gasteiger partial charge on any atom is -0.344 e. The molecule has 0 N–H and O–H groups in total. The minimum atomic E-state index is 0.467. The van der Waals surface area contributed by atoms with E-state index in [1.54, 1.807) is 11.3 Å². The summed E-state index contributed by atoms with van der Waals surface area (Å²) in [6.07, 6.45) is 2.10. The third-order valence-electron chi connectivity index (χ3n) is 6.32. The predicted molar refractivity (Wildman–Crippen MR) is 123 cm³/mol. The number of hydrogen-bond acceptors (Lipinski definition) is 3. The number of fused-ring (bicyclic) bond motifs is 3. The van der Waals surface area contributed by atoms with Gasteiger partial charge in [-0.05, 0) is 38.6 Å². The highest BCUT2D eigenvalue weighted by Gasteiger charge is 2.27.